The van der Waals surface area contributed by atoms with Gasteiger partial charge in [0.05, 0.1) is 0 Å². The molecule has 3 rings (SSSR count). The topological polar surface area (TPSA) is 78.9 Å². The van der Waals surface area contributed by atoms with Crippen LogP contribution in [0.3, 0.4) is 0 Å². The van der Waals surface area contributed by atoms with Crippen LogP contribution in [-0.4, -0.2) is 99.0 Å². The summed E-state index contributed by atoms with van der Waals surface area (Å²) in [5.41, 5.74) is 0. The number of carbonyl (C=O) groups is 3. The summed E-state index contributed by atoms with van der Waals surface area (Å²) in [6, 6.07) is 0. The average molecular weight is 751 g/mol. The van der Waals surface area contributed by atoms with Crippen LogP contribution in [0.25, 0.3) is 0 Å². The minimum atomic E-state index is -4.10. The molecule has 10 heteroatoms. The van der Waals surface area contributed by atoms with Crippen molar-refractivity contribution in [3.05, 3.63) is 69.4 Å². The van der Waals surface area contributed by atoms with E-state index in [0.29, 0.717) is 13.0 Å². The van der Waals surface area contributed by atoms with Crippen LogP contribution in [0.5, 0.6) is 0 Å². The second kappa shape index (κ2) is 11.2. The molecule has 0 fully saturated rings. The Labute approximate surface area is 189 Å². The Hall–Kier alpha value is -1.03. The summed E-state index contributed by atoms with van der Waals surface area (Å²) in [4.78, 5) is 43.1. The van der Waals surface area contributed by atoms with Gasteiger partial charge in [-0.1, -0.05) is 0 Å². The molecule has 0 aliphatic carbocycles. The summed E-state index contributed by atoms with van der Waals surface area (Å²) in [6.07, 6.45) is 16.0. The predicted octanol–water partition coefficient (Wildman–Crippen LogP) is -0.519. The molecule has 0 unspecified atom stereocenters. The molecule has 0 bridgehead atoms. The van der Waals surface area contributed by atoms with E-state index in [1.807, 2.05) is 33.0 Å². The van der Waals surface area contributed by atoms with E-state index in [4.69, 9.17) is 8.44 Å². The van der Waals surface area contributed by atoms with Crippen molar-refractivity contribution < 1.29 is 22.8 Å². The van der Waals surface area contributed by atoms with Crippen LogP contribution < -0.4 is 0 Å². The molecule has 3 aliphatic rings. The standard InChI is InChI=1S/3C6H5GeO2.Bi/c3*8-6(9)5-3-1-2-4-7-5;/h3*1-4H,(H,8,9);/q;;;+3/p-3. The Morgan fingerprint density at radius 2 is 0.893 bits per heavy atom. The summed E-state index contributed by atoms with van der Waals surface area (Å²) in [5.74, 6) is -1.67. The molecule has 137 valence electrons. The van der Waals surface area contributed by atoms with Crippen molar-refractivity contribution in [2.75, 3.05) is 0 Å². The van der Waals surface area contributed by atoms with Gasteiger partial charge in [-0.2, -0.15) is 0 Å². The fraction of sp³-hybridized carbons (Fsp3) is 0. The first-order chi connectivity index (χ1) is 13.6. The fourth-order valence-corrected chi connectivity index (χ4v) is 12.0. The normalized spacial score (nSPS) is 16.4. The van der Waals surface area contributed by atoms with E-state index in [1.165, 1.54) is 0 Å². The Bertz CT molecular complexity index is 842. The molecule has 0 amide bonds. The van der Waals surface area contributed by atoms with Crippen LogP contribution in [0.1, 0.15) is 0 Å². The maximum atomic E-state index is 12.4. The van der Waals surface area contributed by atoms with Crippen LogP contribution in [0.4, 0.5) is 0 Å². The van der Waals surface area contributed by atoms with Gasteiger partial charge in [-0.15, -0.1) is 0 Å². The van der Waals surface area contributed by atoms with Gasteiger partial charge in [0.25, 0.3) is 0 Å². The number of carbonyl (C=O) groups excluding carboxylic acids is 3. The number of hydrogen-bond acceptors (Lipinski definition) is 6. The molecule has 0 atom stereocenters. The molecular formula is C18H12BiGe3O6. The van der Waals surface area contributed by atoms with E-state index in [2.05, 4.69) is 0 Å². The van der Waals surface area contributed by atoms with E-state index >= 15 is 0 Å². The molecule has 0 aromatic carbocycles. The van der Waals surface area contributed by atoms with Gasteiger partial charge in [-0.05, 0) is 0 Å². The van der Waals surface area contributed by atoms with Gasteiger partial charge >= 0.3 is 191 Å². The van der Waals surface area contributed by atoms with Crippen molar-refractivity contribution in [1.29, 1.82) is 0 Å². The molecular weight excluding hydrogens is 739 g/mol. The van der Waals surface area contributed by atoms with Crippen molar-refractivity contribution in [3.63, 3.8) is 0 Å². The molecule has 0 aromatic rings. The zero-order valence-corrected chi connectivity index (χ0v) is 24.1. The van der Waals surface area contributed by atoms with Gasteiger partial charge in [0, 0.05) is 0 Å². The minimum absolute atomic E-state index is 0.553. The fourth-order valence-electron chi connectivity index (χ4n) is 1.97. The Kier molecular flexibility index (Phi) is 8.70. The molecule has 0 spiro atoms. The first-order valence-corrected chi connectivity index (χ1v) is 19.0. The zero-order chi connectivity index (χ0) is 19.8. The zero-order valence-electron chi connectivity index (χ0n) is 14.3. The summed E-state index contributed by atoms with van der Waals surface area (Å²) < 4.78 is 17.9. The average Bonchev–Trinajstić information content (AvgIpc) is 2.75. The third kappa shape index (κ3) is 6.50. The SMILES string of the molecule is O=C([O][Bi]([O]C(=O)[C]1=[Ge][CH]=CC=C1)[O]C(=O)[C]1=[Ge][CH]=CC=C1)[C]1=[Ge][CH]=CC=C1. The summed E-state index contributed by atoms with van der Waals surface area (Å²) in [6.45, 7) is 0. The molecule has 3 aliphatic heterocycles. The number of allylic oxidation sites excluding steroid dienone is 6. The third-order valence-corrected chi connectivity index (χ3v) is 13.5. The summed E-state index contributed by atoms with van der Waals surface area (Å²) in [7, 11) is 0. The molecule has 28 heavy (non-hydrogen) atoms. The van der Waals surface area contributed by atoms with Gasteiger partial charge in [0.15, 0.2) is 0 Å². The first-order valence-electron chi connectivity index (χ1n) is 8.00. The molecule has 0 aromatic heterocycles. The van der Waals surface area contributed by atoms with Crippen LogP contribution >= 0.6 is 0 Å². The van der Waals surface area contributed by atoms with Crippen LogP contribution in [0, 0.1) is 0 Å². The number of hydrogen-bond donors (Lipinski definition) is 0. The van der Waals surface area contributed by atoms with Gasteiger partial charge in [0.2, 0.25) is 0 Å². The predicted molar refractivity (Wildman–Crippen MR) is 111 cm³/mol. The first kappa shape index (κ1) is 21.7. The van der Waals surface area contributed by atoms with E-state index in [1.54, 1.807) is 36.5 Å². The van der Waals surface area contributed by atoms with Crippen LogP contribution in [0.2, 0.25) is 0 Å². The Morgan fingerprint density at radius 3 is 1.14 bits per heavy atom. The summed E-state index contributed by atoms with van der Waals surface area (Å²) >= 11 is -6.33. The molecule has 0 N–H and O–H groups in total. The monoisotopic (exact) mass is 755 g/mol. The third-order valence-electron chi connectivity index (χ3n) is 3.26. The molecule has 0 saturated carbocycles. The molecule has 3 radical (unpaired) electrons. The Morgan fingerprint density at radius 1 is 0.571 bits per heavy atom. The molecule has 6 nitrogen and oxygen atoms in total. The van der Waals surface area contributed by atoms with Gasteiger partial charge in [0.1, 0.15) is 0 Å². The quantitative estimate of drug-likeness (QED) is 0.341. The van der Waals surface area contributed by atoms with Crippen molar-refractivity contribution in [2.24, 2.45) is 0 Å². The molecule has 3 heterocycles. The second-order valence-corrected chi connectivity index (χ2v) is 16.4. The Balaban J connectivity index is 1.72. The van der Waals surface area contributed by atoms with E-state index < -0.39 is 86.0 Å². The van der Waals surface area contributed by atoms with E-state index in [-0.39, 0.29) is 0 Å². The molecule has 0 saturated heterocycles. The van der Waals surface area contributed by atoms with Gasteiger partial charge in [-0.3, -0.25) is 0 Å². The van der Waals surface area contributed by atoms with E-state index in [9.17, 15) is 14.4 Å². The van der Waals surface area contributed by atoms with Crippen molar-refractivity contribution >= 4 is 99.0 Å². The van der Waals surface area contributed by atoms with Crippen LogP contribution in [0.15, 0.2) is 69.4 Å². The second-order valence-electron chi connectivity index (χ2n) is 5.19. The van der Waals surface area contributed by atoms with Crippen molar-refractivity contribution in [3.8, 4) is 0 Å². The van der Waals surface area contributed by atoms with E-state index in [0.717, 1.165) is 0 Å². The van der Waals surface area contributed by atoms with Gasteiger partial charge in [-0.25, -0.2) is 0 Å². The number of rotatable bonds is 6. The van der Waals surface area contributed by atoms with Crippen LogP contribution in [-0.2, 0) is 22.8 Å². The van der Waals surface area contributed by atoms with Gasteiger partial charge < -0.3 is 0 Å². The summed E-state index contributed by atoms with van der Waals surface area (Å²) in [5, 5.41) is 0. The maximum absolute atomic E-state index is 12.4. The van der Waals surface area contributed by atoms with Crippen molar-refractivity contribution in [2.45, 2.75) is 0 Å². The van der Waals surface area contributed by atoms with Crippen molar-refractivity contribution in [1.82, 2.24) is 0 Å².